The molecule has 5 nitrogen and oxygen atoms in total. The van der Waals surface area contributed by atoms with Crippen LogP contribution in [-0.2, 0) is 11.3 Å². The van der Waals surface area contributed by atoms with E-state index in [4.69, 9.17) is 5.26 Å². The molecule has 1 heterocycles. The Kier molecular flexibility index (Phi) is 4.42. The Morgan fingerprint density at radius 2 is 1.95 bits per heavy atom. The highest BCUT2D eigenvalue weighted by molar-refractivity contribution is 5.91. The van der Waals surface area contributed by atoms with E-state index in [-0.39, 0.29) is 18.0 Å². The van der Waals surface area contributed by atoms with Crippen LogP contribution in [0.5, 0.6) is 0 Å². The topological polar surface area (TPSA) is 74.9 Å². The molecule has 1 N–H and O–H groups in total. The SMILES string of the molecule is Cc1ccc(C)c(NC(=O)Cn2ccc(C)c(C#N)c2=O)c1. The van der Waals surface area contributed by atoms with Gasteiger partial charge < -0.3 is 9.88 Å². The fraction of sp³-hybridized carbons (Fsp3) is 0.235. The van der Waals surface area contributed by atoms with Gasteiger partial charge in [0.2, 0.25) is 5.91 Å². The quantitative estimate of drug-likeness (QED) is 0.944. The summed E-state index contributed by atoms with van der Waals surface area (Å²) in [6.07, 6.45) is 1.53. The zero-order valence-corrected chi connectivity index (χ0v) is 12.8. The van der Waals surface area contributed by atoms with Crippen LogP contribution in [0.15, 0.2) is 35.3 Å². The first-order chi connectivity index (χ1) is 10.4. The molecule has 0 aliphatic heterocycles. The summed E-state index contributed by atoms with van der Waals surface area (Å²) in [6, 6.07) is 9.31. The molecule has 0 saturated heterocycles. The predicted octanol–water partition coefficient (Wildman–Crippen LogP) is 2.28. The molecule has 22 heavy (non-hydrogen) atoms. The van der Waals surface area contributed by atoms with Crippen molar-refractivity contribution in [1.82, 2.24) is 4.57 Å². The average Bonchev–Trinajstić information content (AvgIpc) is 2.46. The lowest BCUT2D eigenvalue weighted by molar-refractivity contribution is -0.116. The van der Waals surface area contributed by atoms with Crippen LogP contribution < -0.4 is 10.9 Å². The second-order valence-corrected chi connectivity index (χ2v) is 5.29. The van der Waals surface area contributed by atoms with Crippen LogP contribution in [-0.4, -0.2) is 10.5 Å². The second kappa shape index (κ2) is 6.27. The molecule has 0 fully saturated rings. The number of pyridine rings is 1. The first-order valence-corrected chi connectivity index (χ1v) is 6.89. The third kappa shape index (κ3) is 3.23. The summed E-state index contributed by atoms with van der Waals surface area (Å²) in [7, 11) is 0. The highest BCUT2D eigenvalue weighted by Crippen LogP contribution is 2.16. The van der Waals surface area contributed by atoms with Gasteiger partial charge >= 0.3 is 0 Å². The summed E-state index contributed by atoms with van der Waals surface area (Å²) in [5.74, 6) is -0.302. The molecular weight excluding hydrogens is 278 g/mol. The number of carbonyl (C=O) groups is 1. The Morgan fingerprint density at radius 3 is 2.64 bits per heavy atom. The van der Waals surface area contributed by atoms with Crippen molar-refractivity contribution in [3.05, 3.63) is 63.1 Å². The van der Waals surface area contributed by atoms with E-state index in [1.54, 1.807) is 13.0 Å². The van der Waals surface area contributed by atoms with Gasteiger partial charge in [-0.2, -0.15) is 5.26 Å². The second-order valence-electron chi connectivity index (χ2n) is 5.29. The Labute approximate surface area is 128 Å². The molecule has 2 rings (SSSR count). The lowest BCUT2D eigenvalue weighted by atomic mass is 10.1. The maximum Gasteiger partial charge on any atom is 0.269 e. The fourth-order valence-electron chi connectivity index (χ4n) is 2.14. The Balaban J connectivity index is 2.22. The van der Waals surface area contributed by atoms with Gasteiger partial charge in [0.05, 0.1) is 0 Å². The van der Waals surface area contributed by atoms with E-state index in [1.807, 2.05) is 38.1 Å². The number of nitrogens with zero attached hydrogens (tertiary/aromatic N) is 2. The van der Waals surface area contributed by atoms with Gasteiger partial charge in [-0.25, -0.2) is 0 Å². The lowest BCUT2D eigenvalue weighted by Crippen LogP contribution is -2.29. The van der Waals surface area contributed by atoms with Crippen molar-refractivity contribution in [2.45, 2.75) is 27.3 Å². The number of hydrogen-bond acceptors (Lipinski definition) is 3. The number of carbonyl (C=O) groups excluding carboxylic acids is 1. The number of amides is 1. The van der Waals surface area contributed by atoms with Crippen LogP contribution in [0.1, 0.15) is 22.3 Å². The molecule has 112 valence electrons. The summed E-state index contributed by atoms with van der Waals surface area (Å²) in [4.78, 5) is 24.2. The fourth-order valence-corrected chi connectivity index (χ4v) is 2.14. The minimum atomic E-state index is -0.446. The Morgan fingerprint density at radius 1 is 1.23 bits per heavy atom. The molecule has 0 radical (unpaired) electrons. The molecular formula is C17H17N3O2. The molecule has 1 aromatic heterocycles. The van der Waals surface area contributed by atoms with E-state index < -0.39 is 5.56 Å². The third-order valence-electron chi connectivity index (χ3n) is 3.47. The molecule has 5 heteroatoms. The number of rotatable bonds is 3. The van der Waals surface area contributed by atoms with Gasteiger partial charge in [-0.05, 0) is 49.6 Å². The number of nitriles is 1. The molecule has 0 aliphatic carbocycles. The van der Waals surface area contributed by atoms with Crippen LogP contribution in [0, 0.1) is 32.1 Å². The number of nitrogens with one attached hydrogen (secondary N) is 1. The van der Waals surface area contributed by atoms with Crippen molar-refractivity contribution >= 4 is 11.6 Å². The largest absolute Gasteiger partial charge is 0.324 e. The van der Waals surface area contributed by atoms with E-state index >= 15 is 0 Å². The average molecular weight is 295 g/mol. The molecule has 0 bridgehead atoms. The molecule has 0 atom stereocenters. The van der Waals surface area contributed by atoms with Crippen molar-refractivity contribution in [3.8, 4) is 6.07 Å². The standard InChI is InChI=1S/C17H17N3O2/c1-11-4-5-13(3)15(8-11)19-16(21)10-20-7-6-12(2)14(9-18)17(20)22/h4-8H,10H2,1-3H3,(H,19,21). The highest BCUT2D eigenvalue weighted by atomic mass is 16.2. The summed E-state index contributed by atoms with van der Waals surface area (Å²) < 4.78 is 1.24. The monoisotopic (exact) mass is 295 g/mol. The smallest absolute Gasteiger partial charge is 0.269 e. The molecule has 1 amide bonds. The van der Waals surface area contributed by atoms with Gasteiger partial charge in [0.1, 0.15) is 18.2 Å². The predicted molar refractivity (Wildman–Crippen MR) is 84.7 cm³/mol. The van der Waals surface area contributed by atoms with Crippen molar-refractivity contribution in [2.24, 2.45) is 0 Å². The van der Waals surface area contributed by atoms with Gasteiger partial charge in [0.25, 0.3) is 5.56 Å². The first-order valence-electron chi connectivity index (χ1n) is 6.89. The van der Waals surface area contributed by atoms with Crippen LogP contribution in [0.3, 0.4) is 0 Å². The summed E-state index contributed by atoms with van der Waals surface area (Å²) in [6.45, 7) is 5.42. The van der Waals surface area contributed by atoms with Gasteiger partial charge in [0, 0.05) is 11.9 Å². The van der Waals surface area contributed by atoms with Gasteiger partial charge in [-0.3, -0.25) is 9.59 Å². The van der Waals surface area contributed by atoms with Crippen LogP contribution in [0.25, 0.3) is 0 Å². The van der Waals surface area contributed by atoms with Gasteiger partial charge in [-0.15, -0.1) is 0 Å². The number of anilines is 1. The van der Waals surface area contributed by atoms with Gasteiger partial charge in [-0.1, -0.05) is 12.1 Å². The number of hydrogen-bond donors (Lipinski definition) is 1. The lowest BCUT2D eigenvalue weighted by Gasteiger charge is -2.11. The maximum absolute atomic E-state index is 12.1. The molecule has 0 aliphatic rings. The Hall–Kier alpha value is -2.87. The van der Waals surface area contributed by atoms with Crippen molar-refractivity contribution < 1.29 is 4.79 Å². The van der Waals surface area contributed by atoms with Crippen LogP contribution >= 0.6 is 0 Å². The van der Waals surface area contributed by atoms with Gasteiger partial charge in [0.15, 0.2) is 0 Å². The molecule has 0 saturated carbocycles. The molecule has 0 spiro atoms. The number of benzene rings is 1. The van der Waals surface area contributed by atoms with E-state index in [9.17, 15) is 9.59 Å². The minimum absolute atomic E-state index is 0.0713. The summed E-state index contributed by atoms with van der Waals surface area (Å²) >= 11 is 0. The third-order valence-corrected chi connectivity index (χ3v) is 3.47. The highest BCUT2D eigenvalue weighted by Gasteiger charge is 2.10. The normalized spacial score (nSPS) is 10.1. The number of aryl methyl sites for hydroxylation is 3. The Bertz CT molecular complexity index is 829. The zero-order valence-electron chi connectivity index (χ0n) is 12.8. The summed E-state index contributed by atoms with van der Waals surface area (Å²) in [5.41, 5.74) is 2.96. The zero-order chi connectivity index (χ0) is 16.3. The molecule has 1 aromatic carbocycles. The van der Waals surface area contributed by atoms with Crippen molar-refractivity contribution in [2.75, 3.05) is 5.32 Å². The van der Waals surface area contributed by atoms with Crippen molar-refractivity contribution in [3.63, 3.8) is 0 Å². The van der Waals surface area contributed by atoms with Crippen LogP contribution in [0.2, 0.25) is 0 Å². The van der Waals surface area contributed by atoms with Crippen LogP contribution in [0.4, 0.5) is 5.69 Å². The van der Waals surface area contributed by atoms with Crippen molar-refractivity contribution in [1.29, 1.82) is 5.26 Å². The summed E-state index contributed by atoms with van der Waals surface area (Å²) in [5, 5.41) is 11.8. The van der Waals surface area contributed by atoms with E-state index in [1.165, 1.54) is 10.8 Å². The van der Waals surface area contributed by atoms with E-state index in [0.29, 0.717) is 5.56 Å². The first kappa shape index (κ1) is 15.5. The van der Waals surface area contributed by atoms with E-state index in [0.717, 1.165) is 16.8 Å². The minimum Gasteiger partial charge on any atom is -0.324 e. The maximum atomic E-state index is 12.1. The molecule has 0 unspecified atom stereocenters. The number of aromatic nitrogens is 1. The van der Waals surface area contributed by atoms with E-state index in [2.05, 4.69) is 5.32 Å². The molecule has 2 aromatic rings.